The maximum absolute atomic E-state index is 12.2. The van der Waals surface area contributed by atoms with Gasteiger partial charge in [0.25, 0.3) is 5.91 Å². The zero-order valence-electron chi connectivity index (χ0n) is 13.6. The summed E-state index contributed by atoms with van der Waals surface area (Å²) in [5, 5.41) is 12.5. The van der Waals surface area contributed by atoms with Crippen molar-refractivity contribution in [2.75, 3.05) is 13.7 Å². The van der Waals surface area contributed by atoms with Crippen LogP contribution in [0, 0.1) is 5.92 Å². The van der Waals surface area contributed by atoms with Crippen LogP contribution in [0.2, 0.25) is 0 Å². The van der Waals surface area contributed by atoms with Gasteiger partial charge in [-0.1, -0.05) is 13.3 Å². The number of carbonyl (C=O) groups excluding carboxylic acids is 1. The summed E-state index contributed by atoms with van der Waals surface area (Å²) >= 11 is 1.27. The molecule has 1 atom stereocenters. The molecule has 7 heteroatoms. The van der Waals surface area contributed by atoms with Crippen molar-refractivity contribution in [2.45, 2.75) is 19.8 Å². The highest BCUT2D eigenvalue weighted by molar-refractivity contribution is 7.16. The summed E-state index contributed by atoms with van der Waals surface area (Å²) in [5.41, 5.74) is 0.897. The third kappa shape index (κ3) is 4.55. The van der Waals surface area contributed by atoms with E-state index in [9.17, 15) is 9.59 Å². The molecule has 128 valence electrons. The van der Waals surface area contributed by atoms with E-state index in [1.807, 2.05) is 31.2 Å². The average molecular weight is 348 g/mol. The molecule has 0 aliphatic heterocycles. The van der Waals surface area contributed by atoms with Crippen molar-refractivity contribution in [1.82, 2.24) is 10.3 Å². The van der Waals surface area contributed by atoms with Gasteiger partial charge in [0, 0.05) is 12.1 Å². The minimum atomic E-state index is -0.889. The van der Waals surface area contributed by atoms with Crippen molar-refractivity contribution >= 4 is 23.2 Å². The predicted molar refractivity (Wildman–Crippen MR) is 92.5 cm³/mol. The van der Waals surface area contributed by atoms with E-state index in [2.05, 4.69) is 10.3 Å². The van der Waals surface area contributed by atoms with Crippen molar-refractivity contribution < 1.29 is 19.4 Å². The maximum atomic E-state index is 12.2. The van der Waals surface area contributed by atoms with Crippen molar-refractivity contribution in [3.8, 4) is 16.3 Å². The predicted octanol–water partition coefficient (Wildman–Crippen LogP) is 3.05. The fourth-order valence-corrected chi connectivity index (χ4v) is 3.05. The molecule has 1 aromatic carbocycles. The SMILES string of the molecule is CCCC(CNC(=O)c1cnc(-c2ccc(OC)cc2)s1)C(=O)O. The van der Waals surface area contributed by atoms with E-state index in [-0.39, 0.29) is 12.5 Å². The molecule has 0 saturated carbocycles. The van der Waals surface area contributed by atoms with E-state index in [0.29, 0.717) is 11.3 Å². The molecule has 0 bridgehead atoms. The number of carbonyl (C=O) groups is 2. The number of amides is 1. The highest BCUT2D eigenvalue weighted by Crippen LogP contribution is 2.26. The van der Waals surface area contributed by atoms with Crippen molar-refractivity contribution in [3.05, 3.63) is 35.3 Å². The molecular weight excluding hydrogens is 328 g/mol. The van der Waals surface area contributed by atoms with Crippen LogP contribution in [0.1, 0.15) is 29.4 Å². The third-order valence-corrected chi connectivity index (χ3v) is 4.61. The molecule has 2 aromatic rings. The first-order valence-electron chi connectivity index (χ1n) is 7.66. The number of benzene rings is 1. The topological polar surface area (TPSA) is 88.5 Å². The first-order valence-corrected chi connectivity index (χ1v) is 8.48. The second-order valence-corrected chi connectivity index (χ2v) is 6.32. The quantitative estimate of drug-likeness (QED) is 0.765. The lowest BCUT2D eigenvalue weighted by atomic mass is 10.0. The highest BCUT2D eigenvalue weighted by Gasteiger charge is 2.18. The molecule has 6 nitrogen and oxygen atoms in total. The van der Waals surface area contributed by atoms with Crippen molar-refractivity contribution in [3.63, 3.8) is 0 Å². The second-order valence-electron chi connectivity index (χ2n) is 5.29. The van der Waals surface area contributed by atoms with Gasteiger partial charge in [-0.2, -0.15) is 0 Å². The summed E-state index contributed by atoms with van der Waals surface area (Å²) in [4.78, 5) is 28.0. The molecule has 1 aromatic heterocycles. The summed E-state index contributed by atoms with van der Waals surface area (Å²) in [5.74, 6) is -0.994. The van der Waals surface area contributed by atoms with Crippen LogP contribution >= 0.6 is 11.3 Å². The fourth-order valence-electron chi connectivity index (χ4n) is 2.21. The highest BCUT2D eigenvalue weighted by atomic mass is 32.1. The van der Waals surface area contributed by atoms with E-state index in [1.54, 1.807) is 7.11 Å². The zero-order chi connectivity index (χ0) is 17.5. The molecule has 1 heterocycles. The summed E-state index contributed by atoms with van der Waals surface area (Å²) in [6.07, 6.45) is 2.81. The van der Waals surface area contributed by atoms with Crippen molar-refractivity contribution in [1.29, 1.82) is 0 Å². The van der Waals surface area contributed by atoms with E-state index < -0.39 is 11.9 Å². The molecule has 2 N–H and O–H groups in total. The van der Waals surface area contributed by atoms with E-state index in [1.165, 1.54) is 17.5 Å². The van der Waals surface area contributed by atoms with Crippen LogP contribution in [0.15, 0.2) is 30.5 Å². The number of hydrogen-bond donors (Lipinski definition) is 2. The molecule has 0 fully saturated rings. The van der Waals surface area contributed by atoms with Gasteiger partial charge in [0.05, 0.1) is 19.2 Å². The van der Waals surface area contributed by atoms with Crippen LogP contribution in [0.5, 0.6) is 5.75 Å². The first-order chi connectivity index (χ1) is 11.5. The van der Waals surface area contributed by atoms with Gasteiger partial charge in [-0.15, -0.1) is 11.3 Å². The Labute approximate surface area is 144 Å². The number of methoxy groups -OCH3 is 1. The fraction of sp³-hybridized carbons (Fsp3) is 0.353. The Bertz CT molecular complexity index is 697. The molecule has 0 radical (unpaired) electrons. The van der Waals surface area contributed by atoms with Crippen LogP contribution in [0.4, 0.5) is 0 Å². The number of aromatic nitrogens is 1. The Kier molecular flexibility index (Phi) is 6.31. The van der Waals surface area contributed by atoms with Gasteiger partial charge < -0.3 is 15.2 Å². The average Bonchev–Trinajstić information content (AvgIpc) is 3.08. The van der Waals surface area contributed by atoms with Gasteiger partial charge in [0.15, 0.2) is 0 Å². The standard InChI is InChI=1S/C17H20N2O4S/c1-3-4-12(17(21)22)9-18-15(20)14-10-19-16(24-14)11-5-7-13(23-2)8-6-11/h5-8,10,12H,3-4,9H2,1-2H3,(H,18,20)(H,21,22). The second kappa shape index (κ2) is 8.44. The summed E-state index contributed by atoms with van der Waals surface area (Å²) in [7, 11) is 1.60. The monoisotopic (exact) mass is 348 g/mol. The summed E-state index contributed by atoms with van der Waals surface area (Å²) < 4.78 is 5.11. The first kappa shape index (κ1) is 17.9. The Morgan fingerprint density at radius 2 is 2.04 bits per heavy atom. The smallest absolute Gasteiger partial charge is 0.308 e. The number of carboxylic acids is 1. The van der Waals surface area contributed by atoms with Gasteiger partial charge in [0.1, 0.15) is 15.6 Å². The van der Waals surface area contributed by atoms with Crippen LogP contribution < -0.4 is 10.1 Å². The van der Waals surface area contributed by atoms with Gasteiger partial charge in [-0.25, -0.2) is 4.98 Å². The number of carboxylic acid groups (broad SMARTS) is 1. The summed E-state index contributed by atoms with van der Waals surface area (Å²) in [6.45, 7) is 2.04. The molecule has 0 aliphatic carbocycles. The molecule has 24 heavy (non-hydrogen) atoms. The zero-order valence-corrected chi connectivity index (χ0v) is 14.4. The lowest BCUT2D eigenvalue weighted by molar-refractivity contribution is -0.141. The summed E-state index contributed by atoms with van der Waals surface area (Å²) in [6, 6.07) is 7.42. The molecule has 1 unspecified atom stereocenters. The van der Waals surface area contributed by atoms with Crippen LogP contribution in [0.25, 0.3) is 10.6 Å². The minimum Gasteiger partial charge on any atom is -0.497 e. The molecule has 0 spiro atoms. The molecular formula is C17H20N2O4S. The lowest BCUT2D eigenvalue weighted by Gasteiger charge is -2.11. The Balaban J connectivity index is 2.01. The van der Waals surface area contributed by atoms with Crippen molar-refractivity contribution in [2.24, 2.45) is 5.92 Å². The minimum absolute atomic E-state index is 0.123. The number of ether oxygens (including phenoxy) is 1. The Hall–Kier alpha value is -2.41. The number of thiazole rings is 1. The lowest BCUT2D eigenvalue weighted by Crippen LogP contribution is -2.32. The molecule has 0 aliphatic rings. The van der Waals surface area contributed by atoms with Crippen LogP contribution in [0.3, 0.4) is 0 Å². The van der Waals surface area contributed by atoms with E-state index >= 15 is 0 Å². The largest absolute Gasteiger partial charge is 0.497 e. The van der Waals surface area contributed by atoms with Crippen LogP contribution in [-0.2, 0) is 4.79 Å². The normalized spacial score (nSPS) is 11.8. The van der Waals surface area contributed by atoms with E-state index in [4.69, 9.17) is 9.84 Å². The maximum Gasteiger partial charge on any atom is 0.308 e. The van der Waals surface area contributed by atoms with E-state index in [0.717, 1.165) is 22.7 Å². The molecule has 1 amide bonds. The molecule has 2 rings (SSSR count). The van der Waals surface area contributed by atoms with Gasteiger partial charge in [-0.3, -0.25) is 9.59 Å². The Morgan fingerprint density at radius 1 is 1.33 bits per heavy atom. The number of nitrogens with one attached hydrogen (secondary N) is 1. The van der Waals surface area contributed by atoms with Gasteiger partial charge in [-0.05, 0) is 30.7 Å². The number of nitrogens with zero attached hydrogens (tertiary/aromatic N) is 1. The van der Waals surface area contributed by atoms with Gasteiger partial charge in [0.2, 0.25) is 0 Å². The number of aliphatic carboxylic acids is 1. The number of rotatable bonds is 8. The number of hydrogen-bond acceptors (Lipinski definition) is 5. The third-order valence-electron chi connectivity index (χ3n) is 3.56. The van der Waals surface area contributed by atoms with Gasteiger partial charge >= 0.3 is 5.97 Å². The molecule has 0 saturated heterocycles. The Morgan fingerprint density at radius 3 is 2.62 bits per heavy atom. The van der Waals surface area contributed by atoms with Crippen LogP contribution in [-0.4, -0.2) is 35.6 Å².